The number of nitrogens with zero attached hydrogens (tertiary/aromatic N) is 4. The Bertz CT molecular complexity index is 466. The van der Waals surface area contributed by atoms with Crippen LogP contribution in [-0.4, -0.2) is 53.0 Å². The van der Waals surface area contributed by atoms with Crippen molar-refractivity contribution in [1.82, 2.24) is 14.9 Å². The Morgan fingerprint density at radius 1 is 1.26 bits per heavy atom. The van der Waals surface area contributed by atoms with Crippen molar-refractivity contribution in [3.63, 3.8) is 0 Å². The maximum atomic E-state index is 11.3. The molecule has 0 unspecified atom stereocenters. The standard InChI is InChI=1S/C13H19N5O/c1-10(19)17-4-6-18(7-5-17)13-8-12(14-9-15-13)16-11-2-3-11/h8-9,11H,2-7H2,1H3,(H,14,15,16). The Morgan fingerprint density at radius 2 is 2.00 bits per heavy atom. The zero-order chi connectivity index (χ0) is 13.2. The second-order valence-corrected chi connectivity index (χ2v) is 5.17. The molecule has 1 aromatic rings. The number of nitrogens with one attached hydrogen (secondary N) is 1. The molecule has 1 N–H and O–H groups in total. The largest absolute Gasteiger partial charge is 0.367 e. The predicted octanol–water partition coefficient (Wildman–Crippen LogP) is 0.719. The predicted molar refractivity (Wildman–Crippen MR) is 73.1 cm³/mol. The summed E-state index contributed by atoms with van der Waals surface area (Å²) in [6, 6.07) is 2.60. The van der Waals surface area contributed by atoms with Crippen LogP contribution in [0, 0.1) is 0 Å². The van der Waals surface area contributed by atoms with Crippen LogP contribution in [0.5, 0.6) is 0 Å². The van der Waals surface area contributed by atoms with E-state index in [0.717, 1.165) is 37.8 Å². The van der Waals surface area contributed by atoms with E-state index in [1.54, 1.807) is 13.3 Å². The minimum atomic E-state index is 0.151. The highest BCUT2D eigenvalue weighted by Crippen LogP contribution is 2.25. The minimum absolute atomic E-state index is 0.151. The highest BCUT2D eigenvalue weighted by molar-refractivity contribution is 5.73. The monoisotopic (exact) mass is 261 g/mol. The van der Waals surface area contributed by atoms with Crippen LogP contribution in [0.15, 0.2) is 12.4 Å². The van der Waals surface area contributed by atoms with Crippen LogP contribution in [0.25, 0.3) is 0 Å². The summed E-state index contributed by atoms with van der Waals surface area (Å²) in [7, 11) is 0. The summed E-state index contributed by atoms with van der Waals surface area (Å²) in [6.07, 6.45) is 4.07. The molecule has 1 aromatic heterocycles. The molecule has 0 aromatic carbocycles. The van der Waals surface area contributed by atoms with Crippen molar-refractivity contribution >= 4 is 17.5 Å². The molecule has 1 aliphatic carbocycles. The third-order valence-corrected chi connectivity index (χ3v) is 3.63. The first-order valence-electron chi connectivity index (χ1n) is 6.81. The summed E-state index contributed by atoms with van der Waals surface area (Å²) < 4.78 is 0. The van der Waals surface area contributed by atoms with Crippen LogP contribution in [0.3, 0.4) is 0 Å². The summed E-state index contributed by atoms with van der Waals surface area (Å²) in [5.41, 5.74) is 0. The van der Waals surface area contributed by atoms with Crippen LogP contribution in [-0.2, 0) is 4.79 Å². The molecule has 0 bridgehead atoms. The molecule has 3 rings (SSSR count). The second-order valence-electron chi connectivity index (χ2n) is 5.17. The van der Waals surface area contributed by atoms with Gasteiger partial charge in [-0.05, 0) is 12.8 Å². The third kappa shape index (κ3) is 2.94. The van der Waals surface area contributed by atoms with E-state index in [9.17, 15) is 4.79 Å². The highest BCUT2D eigenvalue weighted by atomic mass is 16.2. The molecule has 6 heteroatoms. The number of amides is 1. The summed E-state index contributed by atoms with van der Waals surface area (Å²) in [5.74, 6) is 2.00. The zero-order valence-electron chi connectivity index (χ0n) is 11.2. The smallest absolute Gasteiger partial charge is 0.219 e. The molecule has 6 nitrogen and oxygen atoms in total. The van der Waals surface area contributed by atoms with Gasteiger partial charge in [0.15, 0.2) is 0 Å². The lowest BCUT2D eigenvalue weighted by atomic mass is 10.3. The molecule has 1 saturated carbocycles. The van der Waals surface area contributed by atoms with Crippen molar-refractivity contribution in [2.24, 2.45) is 0 Å². The number of aromatic nitrogens is 2. The maximum absolute atomic E-state index is 11.3. The first-order chi connectivity index (χ1) is 9.22. The number of rotatable bonds is 3. The molecule has 1 aliphatic heterocycles. The van der Waals surface area contributed by atoms with Crippen molar-refractivity contribution < 1.29 is 4.79 Å². The van der Waals surface area contributed by atoms with E-state index in [0.29, 0.717) is 6.04 Å². The Morgan fingerprint density at radius 3 is 2.63 bits per heavy atom. The van der Waals surface area contributed by atoms with Gasteiger partial charge in [0.05, 0.1) is 0 Å². The second kappa shape index (κ2) is 5.03. The molecule has 19 heavy (non-hydrogen) atoms. The van der Waals surface area contributed by atoms with Crippen molar-refractivity contribution in [1.29, 1.82) is 0 Å². The first kappa shape index (κ1) is 12.2. The fraction of sp³-hybridized carbons (Fsp3) is 0.615. The topological polar surface area (TPSA) is 61.4 Å². The number of anilines is 2. The van der Waals surface area contributed by atoms with E-state index in [1.165, 1.54) is 12.8 Å². The van der Waals surface area contributed by atoms with Crippen LogP contribution in [0.2, 0.25) is 0 Å². The minimum Gasteiger partial charge on any atom is -0.367 e. The molecule has 1 saturated heterocycles. The SMILES string of the molecule is CC(=O)N1CCN(c2cc(NC3CC3)ncn2)CC1. The van der Waals surface area contributed by atoms with Gasteiger partial charge in [-0.15, -0.1) is 0 Å². The fourth-order valence-corrected chi connectivity index (χ4v) is 2.29. The molecule has 0 spiro atoms. The van der Waals surface area contributed by atoms with Gasteiger partial charge in [0.2, 0.25) is 5.91 Å². The lowest BCUT2D eigenvalue weighted by Gasteiger charge is -2.34. The van der Waals surface area contributed by atoms with E-state index in [1.807, 2.05) is 11.0 Å². The Hall–Kier alpha value is -1.85. The van der Waals surface area contributed by atoms with Gasteiger partial charge in [-0.25, -0.2) is 9.97 Å². The third-order valence-electron chi connectivity index (χ3n) is 3.63. The average Bonchev–Trinajstić information content (AvgIpc) is 3.23. The van der Waals surface area contributed by atoms with Gasteiger partial charge in [-0.2, -0.15) is 0 Å². The highest BCUT2D eigenvalue weighted by Gasteiger charge is 2.23. The van der Waals surface area contributed by atoms with Crippen LogP contribution < -0.4 is 10.2 Å². The lowest BCUT2D eigenvalue weighted by molar-refractivity contribution is -0.129. The molecule has 0 atom stereocenters. The van der Waals surface area contributed by atoms with Gasteiger partial charge >= 0.3 is 0 Å². The van der Waals surface area contributed by atoms with Gasteiger partial charge in [0, 0.05) is 45.2 Å². The van der Waals surface area contributed by atoms with Gasteiger partial charge in [0.1, 0.15) is 18.0 Å². The fourth-order valence-electron chi connectivity index (χ4n) is 2.29. The number of hydrogen-bond donors (Lipinski definition) is 1. The van der Waals surface area contributed by atoms with Crippen molar-refractivity contribution in [2.45, 2.75) is 25.8 Å². The van der Waals surface area contributed by atoms with Gasteiger partial charge in [-0.3, -0.25) is 4.79 Å². The quantitative estimate of drug-likeness (QED) is 0.868. The zero-order valence-corrected chi connectivity index (χ0v) is 11.2. The molecular weight excluding hydrogens is 242 g/mol. The summed E-state index contributed by atoms with van der Waals surface area (Å²) in [6.45, 7) is 4.83. The molecule has 2 heterocycles. The van der Waals surface area contributed by atoms with Crippen LogP contribution >= 0.6 is 0 Å². The molecular formula is C13H19N5O. The first-order valence-corrected chi connectivity index (χ1v) is 6.81. The Labute approximate surface area is 112 Å². The van der Waals surface area contributed by atoms with Gasteiger partial charge < -0.3 is 15.1 Å². The summed E-state index contributed by atoms with van der Waals surface area (Å²) in [5, 5.41) is 3.38. The van der Waals surface area contributed by atoms with Crippen molar-refractivity contribution in [2.75, 3.05) is 36.4 Å². The van der Waals surface area contributed by atoms with E-state index in [2.05, 4.69) is 20.2 Å². The lowest BCUT2D eigenvalue weighted by Crippen LogP contribution is -2.48. The van der Waals surface area contributed by atoms with E-state index < -0.39 is 0 Å². The van der Waals surface area contributed by atoms with E-state index in [4.69, 9.17) is 0 Å². The maximum Gasteiger partial charge on any atom is 0.219 e. The van der Waals surface area contributed by atoms with E-state index >= 15 is 0 Å². The van der Waals surface area contributed by atoms with Crippen molar-refractivity contribution in [3.8, 4) is 0 Å². The summed E-state index contributed by atoms with van der Waals surface area (Å²) >= 11 is 0. The van der Waals surface area contributed by atoms with Crippen molar-refractivity contribution in [3.05, 3.63) is 12.4 Å². The molecule has 1 amide bonds. The number of carbonyl (C=O) groups is 1. The normalized spacial score (nSPS) is 19.4. The average molecular weight is 261 g/mol. The Balaban J connectivity index is 1.64. The molecule has 2 aliphatic rings. The molecule has 2 fully saturated rings. The number of piperazine rings is 1. The number of hydrogen-bond acceptors (Lipinski definition) is 5. The van der Waals surface area contributed by atoms with Crippen LogP contribution in [0.1, 0.15) is 19.8 Å². The number of carbonyl (C=O) groups excluding carboxylic acids is 1. The van der Waals surface area contributed by atoms with Crippen LogP contribution in [0.4, 0.5) is 11.6 Å². The van der Waals surface area contributed by atoms with Gasteiger partial charge in [-0.1, -0.05) is 0 Å². The van der Waals surface area contributed by atoms with Gasteiger partial charge in [0.25, 0.3) is 0 Å². The molecule has 102 valence electrons. The molecule has 0 radical (unpaired) electrons. The summed E-state index contributed by atoms with van der Waals surface area (Å²) in [4.78, 5) is 24.0. The Kier molecular flexibility index (Phi) is 3.23. The van der Waals surface area contributed by atoms with E-state index in [-0.39, 0.29) is 5.91 Å².